The summed E-state index contributed by atoms with van der Waals surface area (Å²) in [7, 11) is 0. The Labute approximate surface area is 149 Å². The van der Waals surface area contributed by atoms with Crippen LogP contribution in [0, 0.1) is 41.5 Å². The van der Waals surface area contributed by atoms with Gasteiger partial charge in [0.25, 0.3) is 0 Å². The van der Waals surface area contributed by atoms with E-state index in [1.807, 2.05) is 41.5 Å². The van der Waals surface area contributed by atoms with Gasteiger partial charge in [0.05, 0.1) is 0 Å². The van der Waals surface area contributed by atoms with Crippen molar-refractivity contribution >= 4 is 34.6 Å². The number of hydrogen-bond acceptors (Lipinski definition) is 6. The standard InChI is InChI=1S/C18H20O4S2/c1-7-9(3)23-11(5)13(7)15-16(19)22-17(20)18(15,21)14-8(2)10(4)24-12(14)6/h15,21H,1-6H3. The number of ether oxygens (including phenoxy) is 1. The fraction of sp³-hybridized carbons (Fsp3) is 0.444. The summed E-state index contributed by atoms with van der Waals surface area (Å²) in [4.78, 5) is 28.9. The molecule has 0 saturated carbocycles. The monoisotopic (exact) mass is 364 g/mol. The highest BCUT2D eigenvalue weighted by atomic mass is 32.1. The minimum atomic E-state index is -1.96. The molecule has 6 heteroatoms. The third kappa shape index (κ3) is 2.13. The topological polar surface area (TPSA) is 63.6 Å². The van der Waals surface area contributed by atoms with Gasteiger partial charge in [-0.3, -0.25) is 4.79 Å². The van der Waals surface area contributed by atoms with Crippen LogP contribution in [0.3, 0.4) is 0 Å². The number of carbonyl (C=O) groups excluding carboxylic acids is 2. The number of aliphatic hydroxyl groups is 1. The number of cyclic esters (lactones) is 2. The third-order valence-corrected chi connectivity index (χ3v) is 7.27. The molecule has 1 N–H and O–H groups in total. The first-order valence-electron chi connectivity index (χ1n) is 7.72. The lowest BCUT2D eigenvalue weighted by Crippen LogP contribution is -2.38. The first kappa shape index (κ1) is 17.3. The molecule has 2 aromatic rings. The van der Waals surface area contributed by atoms with Gasteiger partial charge in [-0.1, -0.05) is 0 Å². The Morgan fingerprint density at radius 2 is 1.42 bits per heavy atom. The zero-order valence-electron chi connectivity index (χ0n) is 14.6. The average molecular weight is 364 g/mol. The highest BCUT2D eigenvalue weighted by Crippen LogP contribution is 2.51. The summed E-state index contributed by atoms with van der Waals surface area (Å²) in [6, 6.07) is 0. The quantitative estimate of drug-likeness (QED) is 0.652. The molecule has 0 bridgehead atoms. The van der Waals surface area contributed by atoms with Gasteiger partial charge in [0.2, 0.25) is 5.60 Å². The molecule has 0 spiro atoms. The summed E-state index contributed by atoms with van der Waals surface area (Å²) in [6.07, 6.45) is 0. The van der Waals surface area contributed by atoms with Gasteiger partial charge < -0.3 is 9.84 Å². The molecule has 1 fully saturated rings. The average Bonchev–Trinajstić information content (AvgIpc) is 2.96. The smallest absolute Gasteiger partial charge is 0.351 e. The molecule has 2 unspecified atom stereocenters. The van der Waals surface area contributed by atoms with Crippen LogP contribution in [-0.4, -0.2) is 17.0 Å². The van der Waals surface area contributed by atoms with Gasteiger partial charge >= 0.3 is 11.9 Å². The largest absolute Gasteiger partial charge is 0.390 e. The van der Waals surface area contributed by atoms with Gasteiger partial charge in [-0.05, 0) is 58.2 Å². The van der Waals surface area contributed by atoms with E-state index in [0.29, 0.717) is 5.56 Å². The normalized spacial score (nSPS) is 23.9. The molecule has 128 valence electrons. The van der Waals surface area contributed by atoms with Crippen LogP contribution in [0.2, 0.25) is 0 Å². The van der Waals surface area contributed by atoms with E-state index < -0.39 is 23.5 Å². The van der Waals surface area contributed by atoms with Crippen molar-refractivity contribution in [2.24, 2.45) is 0 Å². The van der Waals surface area contributed by atoms with Crippen LogP contribution in [0.4, 0.5) is 0 Å². The molecule has 4 nitrogen and oxygen atoms in total. The molecule has 0 radical (unpaired) electrons. The van der Waals surface area contributed by atoms with Crippen LogP contribution in [0.1, 0.15) is 47.7 Å². The van der Waals surface area contributed by atoms with E-state index in [1.165, 1.54) is 11.3 Å². The van der Waals surface area contributed by atoms with E-state index >= 15 is 0 Å². The Kier molecular flexibility index (Phi) is 3.98. The van der Waals surface area contributed by atoms with Crippen molar-refractivity contribution in [3.8, 4) is 0 Å². The predicted molar refractivity (Wildman–Crippen MR) is 94.8 cm³/mol. The summed E-state index contributed by atoms with van der Waals surface area (Å²) in [5.74, 6) is -2.56. The van der Waals surface area contributed by atoms with E-state index in [9.17, 15) is 14.7 Å². The highest BCUT2D eigenvalue weighted by Gasteiger charge is 2.61. The maximum absolute atomic E-state index is 12.5. The van der Waals surface area contributed by atoms with E-state index in [1.54, 1.807) is 11.3 Å². The van der Waals surface area contributed by atoms with Gasteiger partial charge in [-0.15, -0.1) is 22.7 Å². The van der Waals surface area contributed by atoms with E-state index in [-0.39, 0.29) is 0 Å². The van der Waals surface area contributed by atoms with Crippen molar-refractivity contribution in [3.05, 3.63) is 41.8 Å². The van der Waals surface area contributed by atoms with Crippen LogP contribution in [-0.2, 0) is 19.9 Å². The van der Waals surface area contributed by atoms with Crippen LogP contribution in [0.15, 0.2) is 0 Å². The van der Waals surface area contributed by atoms with Gasteiger partial charge in [0.1, 0.15) is 5.92 Å². The molecule has 1 saturated heterocycles. The van der Waals surface area contributed by atoms with E-state index in [4.69, 9.17) is 4.74 Å². The van der Waals surface area contributed by atoms with Crippen LogP contribution < -0.4 is 0 Å². The number of hydrogen-bond donors (Lipinski definition) is 1. The fourth-order valence-corrected chi connectivity index (χ4v) is 5.90. The second-order valence-electron chi connectivity index (χ2n) is 6.38. The maximum atomic E-state index is 12.5. The lowest BCUT2D eigenvalue weighted by Gasteiger charge is -2.26. The molecule has 24 heavy (non-hydrogen) atoms. The lowest BCUT2D eigenvalue weighted by atomic mass is 9.76. The van der Waals surface area contributed by atoms with Crippen molar-refractivity contribution in [3.63, 3.8) is 0 Å². The second kappa shape index (κ2) is 5.51. The van der Waals surface area contributed by atoms with Crippen molar-refractivity contribution in [1.82, 2.24) is 0 Å². The molecule has 2 aromatic heterocycles. The molecule has 2 atom stereocenters. The highest BCUT2D eigenvalue weighted by molar-refractivity contribution is 7.12. The number of aryl methyl sites for hydroxylation is 4. The molecular formula is C18H20O4S2. The minimum absolute atomic E-state index is 0.522. The molecule has 3 heterocycles. The Morgan fingerprint density at radius 1 is 0.875 bits per heavy atom. The first-order chi connectivity index (χ1) is 11.1. The number of rotatable bonds is 2. The first-order valence-corrected chi connectivity index (χ1v) is 9.36. The number of thiophene rings is 2. The summed E-state index contributed by atoms with van der Waals surface area (Å²) >= 11 is 3.09. The Hall–Kier alpha value is -1.50. The molecule has 1 aliphatic heterocycles. The van der Waals surface area contributed by atoms with Gasteiger partial charge in [0, 0.05) is 25.1 Å². The molecular weight excluding hydrogens is 344 g/mol. The zero-order chi connectivity index (χ0) is 18.0. The molecule has 1 aliphatic rings. The van der Waals surface area contributed by atoms with Gasteiger partial charge in [-0.2, -0.15) is 0 Å². The van der Waals surface area contributed by atoms with E-state index in [2.05, 4.69) is 0 Å². The second-order valence-corrected chi connectivity index (χ2v) is 9.23. The van der Waals surface area contributed by atoms with Gasteiger partial charge in [-0.25, -0.2) is 4.79 Å². The molecule has 0 amide bonds. The van der Waals surface area contributed by atoms with Crippen LogP contribution >= 0.6 is 22.7 Å². The fourth-order valence-electron chi connectivity index (χ4n) is 3.68. The molecule has 3 rings (SSSR count). The molecule has 0 aliphatic carbocycles. The van der Waals surface area contributed by atoms with Gasteiger partial charge in [0.15, 0.2) is 0 Å². The zero-order valence-corrected chi connectivity index (χ0v) is 16.2. The maximum Gasteiger partial charge on any atom is 0.351 e. The number of carbonyl (C=O) groups is 2. The van der Waals surface area contributed by atoms with Crippen LogP contribution in [0.25, 0.3) is 0 Å². The van der Waals surface area contributed by atoms with Crippen LogP contribution in [0.5, 0.6) is 0 Å². The SMILES string of the molecule is Cc1sc(C)c(C2C(=O)OC(=O)C2(O)c2c(C)sc(C)c2C)c1C. The summed E-state index contributed by atoms with van der Waals surface area (Å²) < 4.78 is 4.92. The Bertz CT molecular complexity index is 874. The predicted octanol–water partition coefficient (Wildman–Crippen LogP) is 3.71. The van der Waals surface area contributed by atoms with Crippen molar-refractivity contribution in [2.45, 2.75) is 53.1 Å². The molecule has 0 aromatic carbocycles. The summed E-state index contributed by atoms with van der Waals surface area (Å²) in [5.41, 5.74) is 1.07. The van der Waals surface area contributed by atoms with Crippen molar-refractivity contribution < 1.29 is 19.4 Å². The summed E-state index contributed by atoms with van der Waals surface area (Å²) in [6.45, 7) is 11.5. The third-order valence-electron chi connectivity index (χ3n) is 5.01. The summed E-state index contributed by atoms with van der Waals surface area (Å²) in [5, 5.41) is 11.5. The van der Waals surface area contributed by atoms with Crippen molar-refractivity contribution in [1.29, 1.82) is 0 Å². The minimum Gasteiger partial charge on any atom is -0.390 e. The van der Waals surface area contributed by atoms with Crippen molar-refractivity contribution in [2.75, 3.05) is 0 Å². The Morgan fingerprint density at radius 3 is 1.88 bits per heavy atom. The Balaban J connectivity index is 2.31. The number of esters is 2. The van der Waals surface area contributed by atoms with E-state index in [0.717, 1.165) is 36.2 Å². The lowest BCUT2D eigenvalue weighted by molar-refractivity contribution is -0.159.